The number of nitrogens with zero attached hydrogens (tertiary/aromatic N) is 6. The summed E-state index contributed by atoms with van der Waals surface area (Å²) in [5, 5.41) is 25.4. The van der Waals surface area contributed by atoms with Crippen LogP contribution in [0.4, 0.5) is 5.82 Å². The predicted octanol–water partition coefficient (Wildman–Crippen LogP) is 4.58. The maximum atomic E-state index is 12.5. The van der Waals surface area contributed by atoms with Crippen LogP contribution < -0.4 is 10.6 Å². The fourth-order valence-electron chi connectivity index (χ4n) is 6.28. The number of pyridine rings is 2. The molecule has 0 saturated heterocycles. The number of fused-ring (bicyclic) bond motifs is 3. The SMILES string of the molecule is C=CC(C)C(=O)NC1C2CCC1CC(Nc1ccc(-c3cc(-c4cnn(C)c4)cn4ncc(C#N)c34)cn1)C2. The number of aromatic nitrogens is 5. The fraction of sp³-hybridized carbons (Fsp3) is 0.367. The topological polar surface area (TPSA) is 113 Å². The Morgan fingerprint density at radius 2 is 1.92 bits per heavy atom. The Kier molecular flexibility index (Phi) is 6.39. The lowest BCUT2D eigenvalue weighted by Gasteiger charge is -2.36. The van der Waals surface area contributed by atoms with Crippen molar-refractivity contribution in [3.05, 3.63) is 67.4 Å². The number of nitrogens with one attached hydrogen (secondary N) is 2. The minimum absolute atomic E-state index is 0.0787. The molecule has 0 radical (unpaired) electrons. The van der Waals surface area contributed by atoms with Gasteiger partial charge >= 0.3 is 0 Å². The van der Waals surface area contributed by atoms with Crippen molar-refractivity contribution >= 4 is 17.2 Å². The van der Waals surface area contributed by atoms with Crippen LogP contribution in [0.3, 0.4) is 0 Å². The van der Waals surface area contributed by atoms with E-state index in [2.05, 4.69) is 39.5 Å². The van der Waals surface area contributed by atoms with Gasteiger partial charge in [-0.2, -0.15) is 15.5 Å². The fourth-order valence-corrected chi connectivity index (χ4v) is 6.28. The number of nitriles is 1. The first-order valence-corrected chi connectivity index (χ1v) is 13.5. The van der Waals surface area contributed by atoms with E-state index in [0.717, 1.165) is 59.3 Å². The lowest BCUT2D eigenvalue weighted by Crippen LogP contribution is -2.48. The van der Waals surface area contributed by atoms with Crippen LogP contribution in [0.5, 0.6) is 0 Å². The van der Waals surface area contributed by atoms with Crippen molar-refractivity contribution in [3.8, 4) is 28.3 Å². The van der Waals surface area contributed by atoms with Crippen molar-refractivity contribution in [2.24, 2.45) is 24.8 Å². The van der Waals surface area contributed by atoms with Crippen molar-refractivity contribution in [2.75, 3.05) is 5.32 Å². The summed E-state index contributed by atoms with van der Waals surface area (Å²) in [5.41, 5.74) is 5.02. The Bertz CT molecular complexity index is 1560. The zero-order chi connectivity index (χ0) is 27.1. The summed E-state index contributed by atoms with van der Waals surface area (Å²) in [7, 11) is 1.89. The molecule has 4 aromatic rings. The Labute approximate surface area is 227 Å². The van der Waals surface area contributed by atoms with Gasteiger partial charge < -0.3 is 10.6 Å². The van der Waals surface area contributed by atoms with Gasteiger partial charge in [0.15, 0.2) is 0 Å². The van der Waals surface area contributed by atoms with E-state index < -0.39 is 0 Å². The number of carbonyl (C=O) groups is 1. The number of hydrogen-bond donors (Lipinski definition) is 2. The van der Waals surface area contributed by atoms with E-state index in [1.54, 1.807) is 21.5 Å². The Morgan fingerprint density at radius 3 is 2.56 bits per heavy atom. The second-order valence-electron chi connectivity index (χ2n) is 10.9. The summed E-state index contributed by atoms with van der Waals surface area (Å²) in [6.07, 6.45) is 15.2. The second kappa shape index (κ2) is 10.0. The highest BCUT2D eigenvalue weighted by Gasteiger charge is 2.43. The van der Waals surface area contributed by atoms with Crippen molar-refractivity contribution in [2.45, 2.75) is 44.7 Å². The molecule has 6 rings (SSSR count). The van der Waals surface area contributed by atoms with Crippen molar-refractivity contribution < 1.29 is 4.79 Å². The summed E-state index contributed by atoms with van der Waals surface area (Å²) < 4.78 is 3.52. The molecule has 198 valence electrons. The van der Waals surface area contributed by atoms with Gasteiger partial charge in [0.1, 0.15) is 11.9 Å². The molecular formula is C30H32N8O. The van der Waals surface area contributed by atoms with E-state index >= 15 is 0 Å². The molecule has 9 nitrogen and oxygen atoms in total. The van der Waals surface area contributed by atoms with Crippen LogP contribution in [-0.2, 0) is 11.8 Å². The third-order valence-corrected chi connectivity index (χ3v) is 8.37. The quantitative estimate of drug-likeness (QED) is 0.345. The van der Waals surface area contributed by atoms with Crippen LogP contribution in [0.1, 0.15) is 38.2 Å². The van der Waals surface area contributed by atoms with Crippen LogP contribution in [0.25, 0.3) is 27.8 Å². The average molecular weight is 521 g/mol. The van der Waals surface area contributed by atoms with Gasteiger partial charge in [0, 0.05) is 60.0 Å². The van der Waals surface area contributed by atoms with Gasteiger partial charge in [0.05, 0.1) is 29.4 Å². The number of amides is 1. The molecule has 4 heterocycles. The highest BCUT2D eigenvalue weighted by molar-refractivity contribution is 5.87. The van der Waals surface area contributed by atoms with Crippen LogP contribution in [0.15, 0.2) is 61.8 Å². The molecule has 0 aliphatic heterocycles. The monoisotopic (exact) mass is 520 g/mol. The molecule has 9 heteroatoms. The van der Waals surface area contributed by atoms with Crippen molar-refractivity contribution in [1.29, 1.82) is 5.26 Å². The second-order valence-corrected chi connectivity index (χ2v) is 10.9. The molecule has 0 aromatic carbocycles. The molecule has 2 saturated carbocycles. The number of rotatable bonds is 7. The minimum atomic E-state index is -0.166. The van der Waals surface area contributed by atoms with Gasteiger partial charge in [-0.3, -0.25) is 9.48 Å². The molecule has 1 amide bonds. The standard InChI is InChI=1S/C30H32N8O/c1-4-18(2)30(39)36-28-19-5-6-20(28)10-25(9-19)35-27-8-7-21(13-32-27)26-11-22(24-15-33-37(3)16-24)17-38-29(26)23(12-31)14-34-38/h4,7-8,11,13-20,25,28H,1,5-6,9-10H2,2-3H3,(H,32,35)(H,36,39). The third kappa shape index (κ3) is 4.67. The van der Waals surface area contributed by atoms with Gasteiger partial charge in [-0.15, -0.1) is 6.58 Å². The molecule has 2 bridgehead atoms. The van der Waals surface area contributed by atoms with Gasteiger partial charge in [-0.25, -0.2) is 9.50 Å². The molecule has 0 spiro atoms. The van der Waals surface area contributed by atoms with Gasteiger partial charge in [0.2, 0.25) is 5.91 Å². The van der Waals surface area contributed by atoms with Crippen molar-refractivity contribution in [1.82, 2.24) is 29.7 Å². The van der Waals surface area contributed by atoms with Crippen molar-refractivity contribution in [3.63, 3.8) is 0 Å². The maximum Gasteiger partial charge on any atom is 0.226 e. The van der Waals surface area contributed by atoms with E-state index in [-0.39, 0.29) is 17.9 Å². The molecule has 2 aliphatic carbocycles. The lowest BCUT2D eigenvalue weighted by molar-refractivity contribution is -0.124. The van der Waals surface area contributed by atoms with E-state index in [9.17, 15) is 10.1 Å². The van der Waals surface area contributed by atoms with Crippen LogP contribution >= 0.6 is 0 Å². The molecule has 39 heavy (non-hydrogen) atoms. The first kappa shape index (κ1) is 24.9. The highest BCUT2D eigenvalue weighted by atomic mass is 16.1. The van der Waals surface area contributed by atoms with Crippen LogP contribution in [-0.4, -0.2) is 42.4 Å². The Balaban J connectivity index is 1.21. The lowest BCUT2D eigenvalue weighted by atomic mass is 9.80. The average Bonchev–Trinajstić information content (AvgIpc) is 3.63. The predicted molar refractivity (Wildman–Crippen MR) is 149 cm³/mol. The Morgan fingerprint density at radius 1 is 1.13 bits per heavy atom. The molecule has 2 aliphatic rings. The maximum absolute atomic E-state index is 12.5. The summed E-state index contributed by atoms with van der Waals surface area (Å²) >= 11 is 0. The van der Waals surface area contributed by atoms with Crippen LogP contribution in [0.2, 0.25) is 0 Å². The van der Waals surface area contributed by atoms with Crippen LogP contribution in [0, 0.1) is 29.1 Å². The highest BCUT2D eigenvalue weighted by Crippen LogP contribution is 2.43. The zero-order valence-electron chi connectivity index (χ0n) is 22.2. The van der Waals surface area contributed by atoms with Gasteiger partial charge in [-0.1, -0.05) is 13.0 Å². The smallest absolute Gasteiger partial charge is 0.226 e. The zero-order valence-corrected chi connectivity index (χ0v) is 22.2. The Hall–Kier alpha value is -4.45. The third-order valence-electron chi connectivity index (χ3n) is 8.37. The summed E-state index contributed by atoms with van der Waals surface area (Å²) in [6, 6.07) is 8.97. The first-order chi connectivity index (χ1) is 18.9. The molecule has 3 atom stereocenters. The number of anilines is 1. The van der Waals surface area contributed by atoms with E-state index in [1.165, 1.54) is 0 Å². The van der Waals surface area contributed by atoms with Gasteiger partial charge in [-0.05, 0) is 55.7 Å². The largest absolute Gasteiger partial charge is 0.367 e. The molecule has 2 fully saturated rings. The summed E-state index contributed by atoms with van der Waals surface area (Å²) in [6.45, 7) is 5.64. The number of hydrogen-bond acceptors (Lipinski definition) is 6. The van der Waals surface area contributed by atoms with E-state index in [0.29, 0.717) is 23.4 Å². The van der Waals surface area contributed by atoms with E-state index in [4.69, 9.17) is 4.98 Å². The molecular weight excluding hydrogens is 488 g/mol. The number of carbonyl (C=O) groups excluding carboxylic acids is 1. The molecule has 4 aromatic heterocycles. The molecule has 2 N–H and O–H groups in total. The normalized spacial score (nSPS) is 22.8. The first-order valence-electron chi connectivity index (χ1n) is 13.5. The van der Waals surface area contributed by atoms with E-state index in [1.807, 2.05) is 50.9 Å². The molecule has 3 unspecified atom stereocenters. The minimum Gasteiger partial charge on any atom is -0.367 e. The summed E-state index contributed by atoms with van der Waals surface area (Å²) in [4.78, 5) is 17.2. The summed E-state index contributed by atoms with van der Waals surface area (Å²) in [5.74, 6) is 1.71. The van der Waals surface area contributed by atoms with Gasteiger partial charge in [0.25, 0.3) is 0 Å². The number of aryl methyl sites for hydroxylation is 1.